The Morgan fingerprint density at radius 3 is 2.56 bits per heavy atom. The zero-order valence-corrected chi connectivity index (χ0v) is 15.2. The number of carbonyl (C=O) groups excluding carboxylic acids is 2. The normalized spacial score (nSPS) is 19.3. The average Bonchev–Trinajstić information content (AvgIpc) is 3.07. The van der Waals surface area contributed by atoms with E-state index in [-0.39, 0.29) is 6.04 Å². The quantitative estimate of drug-likeness (QED) is 0.796. The number of hydrogen-bond acceptors (Lipinski definition) is 4. The van der Waals surface area contributed by atoms with Gasteiger partial charge >= 0.3 is 11.8 Å². The van der Waals surface area contributed by atoms with Gasteiger partial charge in [-0.05, 0) is 56.5 Å². The number of benzene rings is 1. The minimum absolute atomic E-state index is 0.227. The standard InChI is InChI=1S/C19H28N4O2/c1-14(23-10-8-22(2)9-11-23)13-20-18(24)19(25)21-17-7-6-15-4-3-5-16(15)12-17/h6-7,12,14H,3-5,8-11,13H2,1-2H3,(H,20,24)(H,21,25)/t14-/m1/s1. The maximum atomic E-state index is 12.1. The van der Waals surface area contributed by atoms with Gasteiger partial charge in [-0.3, -0.25) is 14.5 Å². The van der Waals surface area contributed by atoms with Gasteiger partial charge in [0.25, 0.3) is 0 Å². The average molecular weight is 344 g/mol. The lowest BCUT2D eigenvalue weighted by molar-refractivity contribution is -0.136. The van der Waals surface area contributed by atoms with Gasteiger partial charge in [-0.15, -0.1) is 0 Å². The van der Waals surface area contributed by atoms with E-state index in [4.69, 9.17) is 0 Å². The number of likely N-dealkylation sites (N-methyl/N-ethyl adjacent to an activating group) is 1. The lowest BCUT2D eigenvalue weighted by atomic mass is 10.1. The summed E-state index contributed by atoms with van der Waals surface area (Å²) in [4.78, 5) is 28.8. The molecule has 1 aliphatic carbocycles. The highest BCUT2D eigenvalue weighted by Crippen LogP contribution is 2.24. The van der Waals surface area contributed by atoms with E-state index in [9.17, 15) is 9.59 Å². The number of hydrogen-bond donors (Lipinski definition) is 2. The summed E-state index contributed by atoms with van der Waals surface area (Å²) in [6.45, 7) is 6.64. The smallest absolute Gasteiger partial charge is 0.313 e. The summed E-state index contributed by atoms with van der Waals surface area (Å²) in [5.41, 5.74) is 3.33. The number of piperazine rings is 1. The van der Waals surface area contributed by atoms with Crippen molar-refractivity contribution in [2.24, 2.45) is 0 Å². The first kappa shape index (κ1) is 17.9. The van der Waals surface area contributed by atoms with E-state index in [2.05, 4.69) is 34.4 Å². The molecule has 0 bridgehead atoms. The highest BCUT2D eigenvalue weighted by Gasteiger charge is 2.21. The van der Waals surface area contributed by atoms with E-state index in [0.29, 0.717) is 12.2 Å². The molecule has 1 aliphatic heterocycles. The van der Waals surface area contributed by atoms with Gasteiger partial charge in [-0.1, -0.05) is 6.07 Å². The number of anilines is 1. The highest BCUT2D eigenvalue weighted by atomic mass is 16.2. The zero-order valence-electron chi connectivity index (χ0n) is 15.2. The monoisotopic (exact) mass is 344 g/mol. The van der Waals surface area contributed by atoms with Crippen molar-refractivity contribution in [1.82, 2.24) is 15.1 Å². The number of nitrogens with one attached hydrogen (secondary N) is 2. The van der Waals surface area contributed by atoms with Crippen LogP contribution in [0.15, 0.2) is 18.2 Å². The zero-order chi connectivity index (χ0) is 17.8. The largest absolute Gasteiger partial charge is 0.346 e. The van der Waals surface area contributed by atoms with Crippen LogP contribution in [0.25, 0.3) is 0 Å². The molecule has 2 N–H and O–H groups in total. The van der Waals surface area contributed by atoms with Gasteiger partial charge in [-0.25, -0.2) is 0 Å². The van der Waals surface area contributed by atoms with Gasteiger partial charge < -0.3 is 15.5 Å². The van der Waals surface area contributed by atoms with Gasteiger partial charge in [0.2, 0.25) is 0 Å². The molecule has 0 aromatic heterocycles. The third-order valence-electron chi connectivity index (χ3n) is 5.28. The lowest BCUT2D eigenvalue weighted by Crippen LogP contribution is -2.52. The first-order valence-corrected chi connectivity index (χ1v) is 9.16. The van der Waals surface area contributed by atoms with Crippen LogP contribution in [0, 0.1) is 0 Å². The van der Waals surface area contributed by atoms with E-state index >= 15 is 0 Å². The van der Waals surface area contributed by atoms with Crippen LogP contribution in [0.5, 0.6) is 0 Å². The Morgan fingerprint density at radius 1 is 1.08 bits per heavy atom. The Labute approximate surface area is 149 Å². The highest BCUT2D eigenvalue weighted by molar-refractivity contribution is 6.39. The van der Waals surface area contributed by atoms with E-state index in [1.807, 2.05) is 18.2 Å². The summed E-state index contributed by atoms with van der Waals surface area (Å²) in [6.07, 6.45) is 3.32. The van der Waals surface area contributed by atoms with Gasteiger partial charge in [0, 0.05) is 44.5 Å². The number of amides is 2. The number of aryl methyl sites for hydroxylation is 2. The van der Waals surface area contributed by atoms with Crippen molar-refractivity contribution < 1.29 is 9.59 Å². The molecular weight excluding hydrogens is 316 g/mol. The number of carbonyl (C=O) groups is 2. The van der Waals surface area contributed by atoms with Gasteiger partial charge in [-0.2, -0.15) is 0 Å². The maximum absolute atomic E-state index is 12.1. The van der Waals surface area contributed by atoms with E-state index in [0.717, 1.165) is 45.4 Å². The van der Waals surface area contributed by atoms with Crippen LogP contribution in [0.4, 0.5) is 5.69 Å². The van der Waals surface area contributed by atoms with Gasteiger partial charge in [0.05, 0.1) is 0 Å². The van der Waals surface area contributed by atoms with Gasteiger partial charge in [0.15, 0.2) is 0 Å². The van der Waals surface area contributed by atoms with Crippen LogP contribution in [0.2, 0.25) is 0 Å². The molecule has 0 unspecified atom stereocenters. The summed E-state index contributed by atoms with van der Waals surface area (Å²) < 4.78 is 0. The Morgan fingerprint density at radius 2 is 1.80 bits per heavy atom. The Bertz CT molecular complexity index is 638. The number of rotatable bonds is 4. The van der Waals surface area contributed by atoms with Crippen molar-refractivity contribution in [2.75, 3.05) is 45.1 Å². The van der Waals surface area contributed by atoms with E-state index in [1.165, 1.54) is 11.1 Å². The fourth-order valence-electron chi connectivity index (χ4n) is 3.55. The van der Waals surface area contributed by atoms with Crippen LogP contribution in [0.3, 0.4) is 0 Å². The van der Waals surface area contributed by atoms with Crippen LogP contribution in [0.1, 0.15) is 24.5 Å². The molecule has 1 aromatic carbocycles. The van der Waals surface area contributed by atoms with Crippen molar-refractivity contribution in [3.63, 3.8) is 0 Å². The third-order valence-corrected chi connectivity index (χ3v) is 5.28. The molecule has 2 amide bonds. The summed E-state index contributed by atoms with van der Waals surface area (Å²) >= 11 is 0. The predicted molar refractivity (Wildman–Crippen MR) is 98.6 cm³/mol. The predicted octanol–water partition coefficient (Wildman–Crippen LogP) is 0.866. The maximum Gasteiger partial charge on any atom is 0.313 e. The second-order valence-corrected chi connectivity index (χ2v) is 7.19. The molecule has 136 valence electrons. The lowest BCUT2D eigenvalue weighted by Gasteiger charge is -2.36. The molecule has 3 rings (SSSR count). The van der Waals surface area contributed by atoms with Crippen molar-refractivity contribution in [3.8, 4) is 0 Å². The molecule has 1 aromatic rings. The molecule has 1 heterocycles. The topological polar surface area (TPSA) is 64.7 Å². The Kier molecular flexibility index (Phi) is 5.71. The number of nitrogens with zero attached hydrogens (tertiary/aromatic N) is 2. The summed E-state index contributed by atoms with van der Waals surface area (Å²) in [6, 6.07) is 6.14. The third kappa shape index (κ3) is 4.58. The first-order chi connectivity index (χ1) is 12.0. The SMILES string of the molecule is C[C@H](CNC(=O)C(=O)Nc1ccc2c(c1)CCC2)N1CCN(C)CC1. The molecule has 0 radical (unpaired) electrons. The van der Waals surface area contributed by atoms with E-state index < -0.39 is 11.8 Å². The molecule has 25 heavy (non-hydrogen) atoms. The second-order valence-electron chi connectivity index (χ2n) is 7.19. The van der Waals surface area contributed by atoms with Crippen LogP contribution in [-0.4, -0.2) is 67.4 Å². The van der Waals surface area contributed by atoms with Crippen molar-refractivity contribution in [2.45, 2.75) is 32.2 Å². The number of fused-ring (bicyclic) bond motifs is 1. The molecule has 1 fully saturated rings. The van der Waals surface area contributed by atoms with Crippen LogP contribution >= 0.6 is 0 Å². The molecule has 0 saturated carbocycles. The molecule has 0 spiro atoms. The summed E-state index contributed by atoms with van der Waals surface area (Å²) in [5, 5.41) is 5.47. The molecule has 2 aliphatic rings. The minimum Gasteiger partial charge on any atom is -0.346 e. The molecule has 1 saturated heterocycles. The van der Waals surface area contributed by atoms with Crippen LogP contribution in [-0.2, 0) is 22.4 Å². The fourth-order valence-corrected chi connectivity index (χ4v) is 3.55. The summed E-state index contributed by atoms with van der Waals surface area (Å²) in [5.74, 6) is -1.16. The molecular formula is C19H28N4O2. The first-order valence-electron chi connectivity index (χ1n) is 9.16. The van der Waals surface area contributed by atoms with Crippen molar-refractivity contribution in [1.29, 1.82) is 0 Å². The van der Waals surface area contributed by atoms with E-state index in [1.54, 1.807) is 0 Å². The molecule has 1 atom stereocenters. The van der Waals surface area contributed by atoms with Crippen molar-refractivity contribution in [3.05, 3.63) is 29.3 Å². The molecule has 6 nitrogen and oxygen atoms in total. The Balaban J connectivity index is 1.45. The van der Waals surface area contributed by atoms with Crippen LogP contribution < -0.4 is 10.6 Å². The molecule has 6 heteroatoms. The Hall–Kier alpha value is -1.92. The minimum atomic E-state index is -0.594. The second kappa shape index (κ2) is 7.97. The van der Waals surface area contributed by atoms with Gasteiger partial charge in [0.1, 0.15) is 0 Å². The summed E-state index contributed by atoms with van der Waals surface area (Å²) in [7, 11) is 2.12. The van der Waals surface area contributed by atoms with Crippen molar-refractivity contribution >= 4 is 17.5 Å². The fraction of sp³-hybridized carbons (Fsp3) is 0.579.